The summed E-state index contributed by atoms with van der Waals surface area (Å²) in [6, 6.07) is 25.7. The molecule has 266 valence electrons. The van der Waals surface area contributed by atoms with Crippen molar-refractivity contribution in [3.63, 3.8) is 0 Å². The quantitative estimate of drug-likeness (QED) is 0.0844. The first-order chi connectivity index (χ1) is 25.2. The van der Waals surface area contributed by atoms with Crippen LogP contribution in [0, 0.1) is 10.8 Å². The lowest BCUT2D eigenvalue weighted by atomic mass is 9.73. The number of nitrogens with zero attached hydrogens (tertiary/aromatic N) is 4. The fourth-order valence-corrected chi connectivity index (χ4v) is 8.41. The number of diazo groups is 2. The van der Waals surface area contributed by atoms with E-state index in [0.29, 0.717) is 11.1 Å². The van der Waals surface area contributed by atoms with Crippen molar-refractivity contribution in [2.75, 3.05) is 0 Å². The first-order valence-electron chi connectivity index (χ1n) is 15.7. The average molecular weight is 753 g/mol. The van der Waals surface area contributed by atoms with E-state index >= 15 is 0 Å². The molecule has 0 aliphatic heterocycles. The predicted octanol–water partition coefficient (Wildman–Crippen LogP) is 8.08. The number of aromatic hydroxyl groups is 2. The van der Waals surface area contributed by atoms with Gasteiger partial charge in [0.05, 0.1) is 0 Å². The Bertz CT molecular complexity index is 2560. The molecule has 0 amide bonds. The van der Waals surface area contributed by atoms with E-state index in [1.807, 2.05) is 0 Å². The normalized spacial score (nSPS) is 11.8. The molecule has 6 rings (SSSR count). The van der Waals surface area contributed by atoms with Crippen LogP contribution in [0.25, 0.3) is 31.5 Å². The van der Waals surface area contributed by atoms with Gasteiger partial charge in [-0.3, -0.25) is 4.79 Å². The van der Waals surface area contributed by atoms with E-state index in [9.17, 15) is 36.9 Å². The summed E-state index contributed by atoms with van der Waals surface area (Å²) in [5.41, 5.74) is -0.0341. The topological polar surface area (TPSA) is 221 Å². The SMILES string of the molecule is CC(CCC(=O)O)(c1ccc(OS(=O)(=O)c2cccc3c(O)c([N+]#N)ccc23)cc1)c1ccc(OS(=O)(=O)c2cccc3c(O)c([N+]#N)ccc23)cc1. The van der Waals surface area contributed by atoms with Crippen molar-refractivity contribution in [2.24, 2.45) is 0 Å². The molecule has 0 fully saturated rings. The van der Waals surface area contributed by atoms with Crippen LogP contribution in [0.4, 0.5) is 11.4 Å². The van der Waals surface area contributed by atoms with Gasteiger partial charge in [0, 0.05) is 45.5 Å². The highest BCUT2D eigenvalue weighted by atomic mass is 32.2. The number of rotatable bonds is 11. The number of benzene rings is 6. The summed E-state index contributed by atoms with van der Waals surface area (Å²) >= 11 is 0. The number of aliphatic carboxylic acids is 1. The summed E-state index contributed by atoms with van der Waals surface area (Å²) < 4.78 is 64.3. The Morgan fingerprint density at radius 3 is 1.38 bits per heavy atom. The van der Waals surface area contributed by atoms with Crippen LogP contribution in [0.2, 0.25) is 0 Å². The van der Waals surface area contributed by atoms with Crippen LogP contribution < -0.4 is 8.37 Å². The largest absolute Gasteiger partial charge is 0.501 e. The summed E-state index contributed by atoms with van der Waals surface area (Å²) in [6.07, 6.45) is -0.114. The zero-order chi connectivity index (χ0) is 38.1. The Morgan fingerprint density at radius 1 is 0.623 bits per heavy atom. The second-order valence-corrected chi connectivity index (χ2v) is 15.1. The Balaban J connectivity index is 1.27. The van der Waals surface area contributed by atoms with Gasteiger partial charge in [0.2, 0.25) is 22.3 Å². The molecule has 16 heteroatoms. The van der Waals surface area contributed by atoms with Gasteiger partial charge in [0.1, 0.15) is 21.3 Å². The first kappa shape index (κ1) is 36.1. The van der Waals surface area contributed by atoms with Crippen LogP contribution in [-0.4, -0.2) is 38.1 Å². The van der Waals surface area contributed by atoms with E-state index in [-0.39, 0.29) is 67.1 Å². The van der Waals surface area contributed by atoms with E-state index < -0.39 is 43.1 Å². The molecule has 0 radical (unpaired) electrons. The third kappa shape index (κ3) is 6.84. The molecule has 6 aromatic carbocycles. The molecule has 0 aliphatic carbocycles. The van der Waals surface area contributed by atoms with Crippen molar-refractivity contribution in [2.45, 2.75) is 35.0 Å². The molecule has 53 heavy (non-hydrogen) atoms. The van der Waals surface area contributed by atoms with Gasteiger partial charge in [-0.2, -0.15) is 16.8 Å². The van der Waals surface area contributed by atoms with Crippen LogP contribution in [0.5, 0.6) is 23.0 Å². The number of carboxylic acid groups (broad SMARTS) is 1. The molecule has 0 unspecified atom stereocenters. The second-order valence-electron chi connectivity index (χ2n) is 12.1. The van der Waals surface area contributed by atoms with Crippen molar-refractivity contribution in [3.8, 4) is 23.0 Å². The van der Waals surface area contributed by atoms with Crippen molar-refractivity contribution >= 4 is 59.1 Å². The molecule has 0 aliphatic rings. The molecule has 0 saturated heterocycles. The lowest BCUT2D eigenvalue weighted by Crippen LogP contribution is -2.25. The highest BCUT2D eigenvalue weighted by Crippen LogP contribution is 2.41. The number of phenols is 2. The monoisotopic (exact) mass is 752 g/mol. The molecule has 14 nitrogen and oxygen atoms in total. The number of hydrogen-bond acceptors (Lipinski definition) is 11. The summed E-state index contributed by atoms with van der Waals surface area (Å²) in [4.78, 5) is 17.2. The molecule has 3 N–H and O–H groups in total. The predicted molar refractivity (Wildman–Crippen MR) is 193 cm³/mol. The van der Waals surface area contributed by atoms with Gasteiger partial charge >= 0.3 is 37.6 Å². The molecule has 0 bridgehead atoms. The highest BCUT2D eigenvalue weighted by molar-refractivity contribution is 7.87. The lowest BCUT2D eigenvalue weighted by molar-refractivity contribution is -0.137. The summed E-state index contributed by atoms with van der Waals surface area (Å²) in [5, 5.41) is 49.1. The zero-order valence-corrected chi connectivity index (χ0v) is 29.2. The van der Waals surface area contributed by atoms with Crippen LogP contribution in [0.1, 0.15) is 30.9 Å². The standard InChI is InChI=1S/C37H26N4O10S2/c1-37(21-20-34(42)43,22-8-12-24(13-9-22)50-52(46,47)32-6-2-4-28-26(32)16-18-30(40-38)35(28)44)23-10-14-25(15-11-23)51-53(48,49)33-7-3-5-29-27(33)17-19-31(41-39)36(29)45/h2-19H,20-21H2,1H3,(H-2,42,43,44,45)/p+2. The third-order valence-electron chi connectivity index (χ3n) is 8.93. The van der Waals surface area contributed by atoms with Crippen LogP contribution >= 0.6 is 0 Å². The van der Waals surface area contributed by atoms with Gasteiger partial charge in [-0.1, -0.05) is 55.5 Å². The first-order valence-corrected chi connectivity index (χ1v) is 18.5. The van der Waals surface area contributed by atoms with Gasteiger partial charge in [-0.15, -0.1) is 0 Å². The van der Waals surface area contributed by atoms with Crippen LogP contribution in [0.15, 0.2) is 119 Å². The van der Waals surface area contributed by atoms with Gasteiger partial charge in [0.15, 0.2) is 9.95 Å². The Hall–Kier alpha value is -6.75. The highest BCUT2D eigenvalue weighted by Gasteiger charge is 2.31. The van der Waals surface area contributed by atoms with Crippen molar-refractivity contribution in [3.05, 3.63) is 130 Å². The summed E-state index contributed by atoms with van der Waals surface area (Å²) in [6.45, 7) is 1.79. The average Bonchev–Trinajstić information content (AvgIpc) is 3.14. The Morgan fingerprint density at radius 2 is 1.02 bits per heavy atom. The van der Waals surface area contributed by atoms with Gasteiger partial charge in [0.25, 0.3) is 0 Å². The third-order valence-corrected chi connectivity index (χ3v) is 11.5. The smallest absolute Gasteiger partial charge is 0.426 e. The zero-order valence-electron chi connectivity index (χ0n) is 27.6. The minimum atomic E-state index is -4.43. The van der Waals surface area contributed by atoms with Crippen molar-refractivity contribution < 1.29 is 45.3 Å². The number of carbonyl (C=O) groups is 1. The molecule has 0 saturated carbocycles. The van der Waals surface area contributed by atoms with Gasteiger partial charge < -0.3 is 23.7 Å². The number of hydrogen-bond donors (Lipinski definition) is 3. The molecular formula is C37H28N4O10S2+2. The minimum Gasteiger partial charge on any atom is -0.501 e. The minimum absolute atomic E-state index is 0.0461. The fourth-order valence-electron chi connectivity index (χ4n) is 6.11. The van der Waals surface area contributed by atoms with Crippen LogP contribution in [-0.2, 0) is 30.4 Å². The lowest BCUT2D eigenvalue weighted by Gasteiger charge is -2.31. The van der Waals surface area contributed by atoms with Gasteiger partial charge in [-0.25, -0.2) is 0 Å². The van der Waals surface area contributed by atoms with E-state index in [0.717, 1.165) is 0 Å². The van der Waals surface area contributed by atoms with Gasteiger partial charge in [-0.05, 0) is 66.1 Å². The summed E-state index contributed by atoms with van der Waals surface area (Å²) in [7, 11) is -8.85. The van der Waals surface area contributed by atoms with E-state index in [1.54, 1.807) is 31.2 Å². The summed E-state index contributed by atoms with van der Waals surface area (Å²) in [5.74, 6) is -1.95. The second kappa shape index (κ2) is 13.8. The molecule has 6 aromatic rings. The van der Waals surface area contributed by atoms with Crippen molar-refractivity contribution in [1.82, 2.24) is 0 Å². The van der Waals surface area contributed by atoms with E-state index in [1.165, 1.54) is 84.9 Å². The van der Waals surface area contributed by atoms with E-state index in [4.69, 9.17) is 19.2 Å². The molecule has 0 atom stereocenters. The maximum absolute atomic E-state index is 13.4. The van der Waals surface area contributed by atoms with Crippen LogP contribution in [0.3, 0.4) is 0 Å². The maximum atomic E-state index is 13.4. The maximum Gasteiger partial charge on any atom is 0.426 e. The Kier molecular flexibility index (Phi) is 9.36. The Labute approximate surface area is 302 Å². The molecule has 0 heterocycles. The number of carboxylic acids is 1. The molecular weight excluding hydrogens is 725 g/mol. The fraction of sp³-hybridized carbons (Fsp3) is 0.108. The molecule has 0 aromatic heterocycles. The van der Waals surface area contributed by atoms with E-state index in [2.05, 4.69) is 9.95 Å². The number of phenolic OH excluding ortho intramolecular Hbond substituents is 2. The molecule has 0 spiro atoms. The number of fused-ring (bicyclic) bond motifs is 2. The van der Waals surface area contributed by atoms with Crippen molar-refractivity contribution in [1.29, 1.82) is 10.8 Å².